The zero-order valence-electron chi connectivity index (χ0n) is 12.4. The summed E-state index contributed by atoms with van der Waals surface area (Å²) in [6.07, 6.45) is 0.507. The van der Waals surface area contributed by atoms with Crippen molar-refractivity contribution < 1.29 is 13.2 Å². The molecule has 0 bridgehead atoms. The lowest BCUT2D eigenvalue weighted by molar-refractivity contribution is 0.0957. The molecule has 3 N–H and O–H groups in total. The van der Waals surface area contributed by atoms with Crippen LogP contribution in [0.1, 0.15) is 31.4 Å². The summed E-state index contributed by atoms with van der Waals surface area (Å²) in [4.78, 5) is 0.276. The molecule has 1 aliphatic rings. The maximum absolute atomic E-state index is 12.7. The molecule has 1 heterocycles. The number of anilines is 1. The molecule has 0 radical (unpaired) electrons. The van der Waals surface area contributed by atoms with Gasteiger partial charge in [-0.2, -0.15) is 0 Å². The molecule has 0 amide bonds. The quantitative estimate of drug-likeness (QED) is 0.833. The standard InChI is InChI=1S/C14H22N2O3S/c1-9-5-6-12(15)10(2)13(9)20(17,18)16-14(4)7-8-19-11(14)3/h5-6,11,16H,7-8,15H2,1-4H3. The first-order valence-electron chi connectivity index (χ1n) is 6.68. The smallest absolute Gasteiger partial charge is 0.241 e. The van der Waals surface area contributed by atoms with Crippen LogP contribution in [0.15, 0.2) is 17.0 Å². The number of ether oxygens (including phenoxy) is 1. The summed E-state index contributed by atoms with van der Waals surface area (Å²) in [5.41, 5.74) is 7.02. The molecule has 1 saturated heterocycles. The number of rotatable bonds is 3. The molecule has 6 heteroatoms. The number of nitrogen functional groups attached to an aromatic ring is 1. The molecular weight excluding hydrogens is 276 g/mol. The summed E-state index contributed by atoms with van der Waals surface area (Å²) in [6, 6.07) is 3.46. The average molecular weight is 298 g/mol. The van der Waals surface area contributed by atoms with E-state index in [-0.39, 0.29) is 11.0 Å². The number of hydrogen-bond acceptors (Lipinski definition) is 4. The van der Waals surface area contributed by atoms with Gasteiger partial charge in [0.1, 0.15) is 0 Å². The van der Waals surface area contributed by atoms with Crippen LogP contribution in [-0.4, -0.2) is 26.7 Å². The SMILES string of the molecule is Cc1ccc(N)c(C)c1S(=O)(=O)NC1(C)CCOC1C. The molecule has 20 heavy (non-hydrogen) atoms. The Labute approximate surface area is 120 Å². The van der Waals surface area contributed by atoms with Crippen LogP contribution in [0.5, 0.6) is 0 Å². The number of hydrogen-bond donors (Lipinski definition) is 2. The summed E-state index contributed by atoms with van der Waals surface area (Å²) in [5.74, 6) is 0. The van der Waals surface area contributed by atoms with Gasteiger partial charge in [0, 0.05) is 12.3 Å². The minimum absolute atomic E-state index is 0.154. The van der Waals surface area contributed by atoms with Crippen LogP contribution < -0.4 is 10.5 Å². The second-order valence-corrected chi connectivity index (χ2v) is 7.33. The Bertz CT molecular complexity index is 628. The van der Waals surface area contributed by atoms with E-state index < -0.39 is 15.6 Å². The predicted octanol–water partition coefficient (Wildman–Crippen LogP) is 1.73. The maximum atomic E-state index is 12.7. The normalized spacial score (nSPS) is 26.9. The summed E-state index contributed by atoms with van der Waals surface area (Å²) in [7, 11) is -3.63. The van der Waals surface area contributed by atoms with Gasteiger partial charge in [-0.15, -0.1) is 0 Å². The highest BCUT2D eigenvalue weighted by Crippen LogP contribution is 2.30. The Morgan fingerprint density at radius 3 is 2.60 bits per heavy atom. The summed E-state index contributed by atoms with van der Waals surface area (Å²) in [6.45, 7) is 7.83. The maximum Gasteiger partial charge on any atom is 0.241 e. The third-order valence-corrected chi connectivity index (χ3v) is 6.07. The first kappa shape index (κ1) is 15.3. The van der Waals surface area contributed by atoms with E-state index in [1.807, 2.05) is 13.8 Å². The lowest BCUT2D eigenvalue weighted by atomic mass is 9.97. The van der Waals surface area contributed by atoms with Crippen molar-refractivity contribution >= 4 is 15.7 Å². The fourth-order valence-corrected chi connectivity index (χ4v) is 4.58. The first-order chi connectivity index (χ1) is 9.17. The fraction of sp³-hybridized carbons (Fsp3) is 0.571. The van der Waals surface area contributed by atoms with Gasteiger partial charge in [0.05, 0.1) is 16.5 Å². The minimum Gasteiger partial charge on any atom is -0.398 e. The van der Waals surface area contributed by atoms with E-state index in [1.54, 1.807) is 26.0 Å². The summed E-state index contributed by atoms with van der Waals surface area (Å²) >= 11 is 0. The van der Waals surface area contributed by atoms with Crippen LogP contribution in [0, 0.1) is 13.8 Å². The summed E-state index contributed by atoms with van der Waals surface area (Å²) < 4.78 is 33.7. The van der Waals surface area contributed by atoms with Crippen molar-refractivity contribution in [1.82, 2.24) is 4.72 Å². The molecule has 5 nitrogen and oxygen atoms in total. The van der Waals surface area contributed by atoms with Gasteiger partial charge in [0.15, 0.2) is 0 Å². The van der Waals surface area contributed by atoms with Gasteiger partial charge in [-0.05, 0) is 51.3 Å². The zero-order chi connectivity index (χ0) is 15.1. The lowest BCUT2D eigenvalue weighted by Gasteiger charge is -2.29. The number of nitrogens with two attached hydrogens (primary N) is 1. The Hall–Kier alpha value is -1.11. The van der Waals surface area contributed by atoms with Crippen molar-refractivity contribution in [1.29, 1.82) is 0 Å². The van der Waals surface area contributed by atoms with Gasteiger partial charge in [-0.1, -0.05) is 6.07 Å². The van der Waals surface area contributed by atoms with E-state index in [0.717, 1.165) is 0 Å². The minimum atomic E-state index is -3.63. The lowest BCUT2D eigenvalue weighted by Crippen LogP contribution is -2.50. The fourth-order valence-electron chi connectivity index (χ4n) is 2.58. The number of sulfonamides is 1. The molecule has 2 rings (SSSR count). The largest absolute Gasteiger partial charge is 0.398 e. The first-order valence-corrected chi connectivity index (χ1v) is 8.17. The van der Waals surface area contributed by atoms with Crippen LogP contribution in [0.25, 0.3) is 0 Å². The van der Waals surface area contributed by atoms with Gasteiger partial charge < -0.3 is 10.5 Å². The van der Waals surface area contributed by atoms with E-state index in [2.05, 4.69) is 4.72 Å². The topological polar surface area (TPSA) is 81.4 Å². The molecular formula is C14H22N2O3S. The van der Waals surface area contributed by atoms with Crippen LogP contribution in [-0.2, 0) is 14.8 Å². The Morgan fingerprint density at radius 1 is 1.40 bits per heavy atom. The van der Waals surface area contributed by atoms with Crippen molar-refractivity contribution in [3.05, 3.63) is 23.3 Å². The van der Waals surface area contributed by atoms with Crippen molar-refractivity contribution in [2.24, 2.45) is 0 Å². The number of benzene rings is 1. The van der Waals surface area contributed by atoms with Crippen molar-refractivity contribution in [3.8, 4) is 0 Å². The molecule has 2 unspecified atom stereocenters. The second kappa shape index (κ2) is 5.02. The van der Waals surface area contributed by atoms with Crippen LogP contribution in [0.3, 0.4) is 0 Å². The molecule has 1 aliphatic heterocycles. The van der Waals surface area contributed by atoms with Crippen molar-refractivity contribution in [3.63, 3.8) is 0 Å². The van der Waals surface area contributed by atoms with Gasteiger partial charge in [0.2, 0.25) is 10.0 Å². The molecule has 0 aliphatic carbocycles. The Morgan fingerprint density at radius 2 is 2.05 bits per heavy atom. The van der Waals surface area contributed by atoms with Crippen LogP contribution in [0.2, 0.25) is 0 Å². The molecule has 2 atom stereocenters. The Kier molecular flexibility index (Phi) is 3.83. The highest BCUT2D eigenvalue weighted by molar-refractivity contribution is 7.89. The third kappa shape index (κ3) is 2.55. The highest BCUT2D eigenvalue weighted by atomic mass is 32.2. The zero-order valence-corrected chi connectivity index (χ0v) is 13.2. The van der Waals surface area contributed by atoms with E-state index in [9.17, 15) is 8.42 Å². The average Bonchev–Trinajstić information content (AvgIpc) is 2.63. The molecule has 0 spiro atoms. The van der Waals surface area contributed by atoms with Crippen LogP contribution in [0.4, 0.5) is 5.69 Å². The molecule has 0 aromatic heterocycles. The van der Waals surface area contributed by atoms with Gasteiger partial charge in [-0.25, -0.2) is 13.1 Å². The van der Waals surface area contributed by atoms with Gasteiger partial charge in [0.25, 0.3) is 0 Å². The molecule has 1 aromatic carbocycles. The Balaban J connectivity index is 2.44. The second-order valence-electron chi connectivity index (χ2n) is 5.71. The molecule has 0 saturated carbocycles. The monoisotopic (exact) mass is 298 g/mol. The van der Waals surface area contributed by atoms with Gasteiger partial charge >= 0.3 is 0 Å². The third-order valence-electron chi connectivity index (χ3n) is 4.17. The molecule has 112 valence electrons. The molecule has 1 aromatic rings. The van der Waals surface area contributed by atoms with Crippen LogP contribution >= 0.6 is 0 Å². The van der Waals surface area contributed by atoms with Crippen molar-refractivity contribution in [2.45, 2.75) is 50.7 Å². The van der Waals surface area contributed by atoms with E-state index in [1.165, 1.54) is 0 Å². The van der Waals surface area contributed by atoms with E-state index >= 15 is 0 Å². The van der Waals surface area contributed by atoms with E-state index in [4.69, 9.17) is 10.5 Å². The molecule has 1 fully saturated rings. The highest BCUT2D eigenvalue weighted by Gasteiger charge is 2.41. The number of aryl methyl sites for hydroxylation is 1. The number of nitrogens with one attached hydrogen (secondary N) is 1. The predicted molar refractivity (Wildman–Crippen MR) is 79.1 cm³/mol. The summed E-state index contributed by atoms with van der Waals surface area (Å²) in [5, 5.41) is 0. The van der Waals surface area contributed by atoms with E-state index in [0.29, 0.717) is 29.8 Å². The van der Waals surface area contributed by atoms with Gasteiger partial charge in [-0.3, -0.25) is 0 Å². The van der Waals surface area contributed by atoms with Crippen molar-refractivity contribution in [2.75, 3.05) is 12.3 Å².